The number of esters is 1. The minimum atomic E-state index is -1.60. The largest absolute Gasteiger partial charge is 0.480 e. The molecule has 1 aliphatic carbocycles. The van der Waals surface area contributed by atoms with Gasteiger partial charge >= 0.3 is 11.9 Å². The highest BCUT2D eigenvalue weighted by Gasteiger charge is 2.44. The van der Waals surface area contributed by atoms with E-state index >= 15 is 0 Å². The molecule has 3 aromatic rings. The van der Waals surface area contributed by atoms with Crippen molar-refractivity contribution in [3.05, 3.63) is 98.3 Å². The Labute approximate surface area is 198 Å². The van der Waals surface area contributed by atoms with Crippen LogP contribution >= 0.6 is 34.5 Å². The molecule has 1 N–H and O–H groups in total. The number of hydrogen-bond donors (Lipinski definition) is 1. The Morgan fingerprint density at radius 2 is 1.88 bits per heavy atom. The molecular weight excluding hydrogens is 469 g/mol. The van der Waals surface area contributed by atoms with Crippen molar-refractivity contribution in [2.45, 2.75) is 11.3 Å². The van der Waals surface area contributed by atoms with Gasteiger partial charge in [-0.25, -0.2) is 9.78 Å². The molecule has 0 fully saturated rings. The van der Waals surface area contributed by atoms with Crippen molar-refractivity contribution in [1.29, 1.82) is 0 Å². The van der Waals surface area contributed by atoms with Crippen LogP contribution in [-0.4, -0.2) is 29.1 Å². The maximum atomic E-state index is 12.6. The molecule has 162 valence electrons. The number of thiazole rings is 1. The van der Waals surface area contributed by atoms with Crippen LogP contribution < -0.4 is 0 Å². The van der Waals surface area contributed by atoms with E-state index in [2.05, 4.69) is 4.98 Å². The summed E-state index contributed by atoms with van der Waals surface area (Å²) >= 11 is 13.3. The Morgan fingerprint density at radius 3 is 2.53 bits per heavy atom. The van der Waals surface area contributed by atoms with Gasteiger partial charge in [-0.15, -0.1) is 11.3 Å². The molecule has 2 unspecified atom stereocenters. The topological polar surface area (TPSA) is 76.5 Å². The summed E-state index contributed by atoms with van der Waals surface area (Å²) < 4.78 is 4.97. The number of allylic oxidation sites excluding steroid dienone is 1. The SMILES string of the molecule is COC(=O)C1=CC(C(=O)O)(c2nc(-c3ccc(Cl)c(Cl)c3)cs2)C=CC1c1ccccc1. The third-order valence-corrected chi connectivity index (χ3v) is 7.01. The quantitative estimate of drug-likeness (QED) is 0.360. The standard InChI is InChI=1S/C24H17Cl2NO4S/c1-31-21(28)17-12-24(23(29)30,10-9-16(17)14-5-3-2-4-6-14)22-27-20(13-32-22)15-7-8-18(25)19(26)11-15/h2-13,16H,1H3,(H,29,30). The summed E-state index contributed by atoms with van der Waals surface area (Å²) in [5, 5.41) is 13.1. The fraction of sp³-hybridized carbons (Fsp3) is 0.125. The molecule has 0 amide bonds. The minimum absolute atomic E-state index is 0.245. The van der Waals surface area contributed by atoms with E-state index in [1.807, 2.05) is 30.3 Å². The zero-order valence-corrected chi connectivity index (χ0v) is 19.1. The molecule has 1 aliphatic rings. The Morgan fingerprint density at radius 1 is 1.12 bits per heavy atom. The predicted octanol–water partition coefficient (Wildman–Crippen LogP) is 5.89. The maximum absolute atomic E-state index is 12.6. The summed E-state index contributed by atoms with van der Waals surface area (Å²) in [6.45, 7) is 0. The van der Waals surface area contributed by atoms with E-state index in [0.717, 1.165) is 5.56 Å². The molecule has 0 saturated carbocycles. The average Bonchev–Trinajstić information content (AvgIpc) is 3.31. The number of aliphatic carboxylic acids is 1. The van der Waals surface area contributed by atoms with Crippen molar-refractivity contribution in [1.82, 2.24) is 4.98 Å². The van der Waals surface area contributed by atoms with Crippen LogP contribution in [0.1, 0.15) is 16.5 Å². The maximum Gasteiger partial charge on any atom is 0.334 e. The summed E-state index contributed by atoms with van der Waals surface area (Å²) in [7, 11) is 1.28. The van der Waals surface area contributed by atoms with Gasteiger partial charge in [0.05, 0.1) is 22.8 Å². The number of aromatic nitrogens is 1. The second-order valence-corrected chi connectivity index (χ2v) is 8.85. The Bertz CT molecular complexity index is 1250. The van der Waals surface area contributed by atoms with E-state index in [9.17, 15) is 14.7 Å². The molecule has 0 radical (unpaired) electrons. The van der Waals surface area contributed by atoms with Gasteiger partial charge in [0.15, 0.2) is 5.41 Å². The van der Waals surface area contributed by atoms with Gasteiger partial charge in [-0.2, -0.15) is 0 Å². The first kappa shape index (κ1) is 22.3. The van der Waals surface area contributed by atoms with Crippen LogP contribution in [0.3, 0.4) is 0 Å². The number of carbonyl (C=O) groups is 2. The van der Waals surface area contributed by atoms with Crippen molar-refractivity contribution in [3.8, 4) is 11.3 Å². The molecule has 32 heavy (non-hydrogen) atoms. The van der Waals surface area contributed by atoms with Gasteiger partial charge in [0.25, 0.3) is 0 Å². The van der Waals surface area contributed by atoms with Crippen molar-refractivity contribution >= 4 is 46.5 Å². The third-order valence-electron chi connectivity index (χ3n) is 5.28. The van der Waals surface area contributed by atoms with E-state index in [1.54, 1.807) is 35.7 Å². The number of methoxy groups -OCH3 is 1. The molecule has 8 heteroatoms. The fourth-order valence-electron chi connectivity index (χ4n) is 3.60. The number of halogens is 2. The number of hydrogen-bond acceptors (Lipinski definition) is 5. The summed E-state index contributed by atoms with van der Waals surface area (Å²) in [5.41, 5.74) is 0.774. The zero-order chi connectivity index (χ0) is 22.9. The Balaban J connectivity index is 1.81. The molecule has 5 nitrogen and oxygen atoms in total. The molecule has 1 heterocycles. The second kappa shape index (κ2) is 8.90. The van der Waals surface area contributed by atoms with Crippen LogP contribution in [0.4, 0.5) is 0 Å². The highest BCUT2D eigenvalue weighted by Crippen LogP contribution is 2.42. The average molecular weight is 486 g/mol. The van der Waals surface area contributed by atoms with E-state index in [4.69, 9.17) is 27.9 Å². The van der Waals surface area contributed by atoms with Crippen LogP contribution in [0.2, 0.25) is 10.0 Å². The predicted molar refractivity (Wildman–Crippen MR) is 125 cm³/mol. The number of carboxylic acid groups (broad SMARTS) is 1. The number of carboxylic acids is 1. The van der Waals surface area contributed by atoms with Crippen LogP contribution in [0.25, 0.3) is 11.3 Å². The Hall–Kier alpha value is -2.93. The number of ether oxygens (including phenoxy) is 1. The lowest BCUT2D eigenvalue weighted by atomic mass is 9.76. The van der Waals surface area contributed by atoms with E-state index in [1.165, 1.54) is 24.5 Å². The highest BCUT2D eigenvalue weighted by molar-refractivity contribution is 7.10. The van der Waals surface area contributed by atoms with Gasteiger partial charge < -0.3 is 9.84 Å². The van der Waals surface area contributed by atoms with Crippen molar-refractivity contribution < 1.29 is 19.4 Å². The van der Waals surface area contributed by atoms with Gasteiger partial charge in [0.2, 0.25) is 0 Å². The summed E-state index contributed by atoms with van der Waals surface area (Å²) in [5.74, 6) is -2.16. The lowest BCUT2D eigenvalue weighted by Crippen LogP contribution is -2.35. The second-order valence-electron chi connectivity index (χ2n) is 7.18. The smallest absolute Gasteiger partial charge is 0.334 e. The molecule has 0 saturated heterocycles. The van der Waals surface area contributed by atoms with E-state index in [-0.39, 0.29) is 5.57 Å². The van der Waals surface area contributed by atoms with Crippen LogP contribution in [0.15, 0.2) is 77.7 Å². The molecule has 0 bridgehead atoms. The van der Waals surface area contributed by atoms with Crippen LogP contribution in [-0.2, 0) is 19.7 Å². The number of carbonyl (C=O) groups excluding carboxylic acids is 1. The first-order valence-electron chi connectivity index (χ1n) is 9.56. The first-order chi connectivity index (χ1) is 15.4. The molecule has 2 atom stereocenters. The van der Waals surface area contributed by atoms with Gasteiger partial charge in [0, 0.05) is 22.4 Å². The van der Waals surface area contributed by atoms with Gasteiger partial charge in [-0.1, -0.05) is 71.8 Å². The van der Waals surface area contributed by atoms with Gasteiger partial charge in [-0.05, 0) is 23.8 Å². The molecule has 0 spiro atoms. The first-order valence-corrected chi connectivity index (χ1v) is 11.2. The van der Waals surface area contributed by atoms with Crippen LogP contribution in [0.5, 0.6) is 0 Å². The zero-order valence-electron chi connectivity index (χ0n) is 16.8. The van der Waals surface area contributed by atoms with Crippen molar-refractivity contribution in [2.75, 3.05) is 7.11 Å². The minimum Gasteiger partial charge on any atom is -0.480 e. The van der Waals surface area contributed by atoms with E-state index in [0.29, 0.717) is 26.3 Å². The highest BCUT2D eigenvalue weighted by atomic mass is 35.5. The van der Waals surface area contributed by atoms with Gasteiger partial charge in [-0.3, -0.25) is 4.79 Å². The lowest BCUT2D eigenvalue weighted by Gasteiger charge is -2.28. The number of nitrogens with zero attached hydrogens (tertiary/aromatic N) is 1. The van der Waals surface area contributed by atoms with Crippen molar-refractivity contribution in [2.24, 2.45) is 0 Å². The lowest BCUT2D eigenvalue weighted by molar-refractivity contribution is -0.140. The molecule has 0 aliphatic heterocycles. The normalized spacial score (nSPS) is 20.0. The monoisotopic (exact) mass is 485 g/mol. The summed E-state index contributed by atoms with van der Waals surface area (Å²) in [6.07, 6.45) is 4.74. The third kappa shape index (κ3) is 3.97. The molecule has 4 rings (SSSR count). The molecular formula is C24H17Cl2NO4S. The number of benzene rings is 2. The van der Waals surface area contributed by atoms with Crippen LogP contribution in [0, 0.1) is 0 Å². The van der Waals surface area contributed by atoms with Gasteiger partial charge in [0.1, 0.15) is 5.01 Å². The summed E-state index contributed by atoms with van der Waals surface area (Å²) in [4.78, 5) is 29.7. The van der Waals surface area contributed by atoms with E-state index < -0.39 is 23.3 Å². The Kier molecular flexibility index (Phi) is 6.20. The fourth-order valence-corrected chi connectivity index (χ4v) is 4.87. The molecule has 1 aromatic heterocycles. The number of rotatable bonds is 5. The molecule has 2 aromatic carbocycles. The summed E-state index contributed by atoms with van der Waals surface area (Å²) in [6, 6.07) is 14.5. The van der Waals surface area contributed by atoms with Crippen molar-refractivity contribution in [3.63, 3.8) is 0 Å².